The maximum atomic E-state index is 12.0. The Morgan fingerprint density at radius 1 is 1.09 bits per heavy atom. The summed E-state index contributed by atoms with van der Waals surface area (Å²) >= 11 is 0. The van der Waals surface area contributed by atoms with Gasteiger partial charge in [0.1, 0.15) is 0 Å². The summed E-state index contributed by atoms with van der Waals surface area (Å²) in [5.41, 5.74) is 11.2. The molecule has 3 aromatic heterocycles. The Balaban J connectivity index is 0.000000376. The molecule has 6 N–H and O–H groups in total. The molecule has 0 aliphatic carbocycles. The molecular formula is C24H30N8O. The molecule has 5 rings (SSSR count). The number of aryl methyl sites for hydroxylation is 1. The van der Waals surface area contributed by atoms with Crippen LogP contribution in [0.5, 0.6) is 0 Å². The zero-order valence-electron chi connectivity index (χ0n) is 19.0. The van der Waals surface area contributed by atoms with Gasteiger partial charge in [-0.05, 0) is 49.7 Å². The predicted octanol–water partition coefficient (Wildman–Crippen LogP) is 2.30. The van der Waals surface area contributed by atoms with Crippen LogP contribution in [-0.4, -0.2) is 44.7 Å². The highest BCUT2D eigenvalue weighted by atomic mass is 16.1. The zero-order chi connectivity index (χ0) is 23.4. The second-order valence-corrected chi connectivity index (χ2v) is 8.23. The van der Waals surface area contributed by atoms with E-state index in [4.69, 9.17) is 11.6 Å². The number of imidazole rings is 1. The molecule has 0 saturated carbocycles. The maximum absolute atomic E-state index is 12.0. The smallest absolute Gasteiger partial charge is 0.326 e. The highest BCUT2D eigenvalue weighted by Gasteiger charge is 2.10. The number of hydrazine groups is 1. The molecule has 0 spiro atoms. The van der Waals surface area contributed by atoms with Crippen molar-refractivity contribution in [3.63, 3.8) is 0 Å². The lowest BCUT2D eigenvalue weighted by molar-refractivity contribution is 0.485. The summed E-state index contributed by atoms with van der Waals surface area (Å²) in [6.45, 7) is 2.50. The van der Waals surface area contributed by atoms with Crippen molar-refractivity contribution in [2.45, 2.75) is 19.3 Å². The van der Waals surface area contributed by atoms with Gasteiger partial charge in [0.05, 0.1) is 34.1 Å². The Morgan fingerprint density at radius 2 is 1.85 bits per heavy atom. The number of hydrogen-bond donors (Lipinski definition) is 4. The summed E-state index contributed by atoms with van der Waals surface area (Å²) in [5, 5.41) is 5.55. The molecule has 0 bridgehead atoms. The standard InChI is InChI=1S/C19H19N7O.C5H11N/c1-25(21)10-14(20)16-6-4-12(8-22-16)11-3-5-15-13(7-11)18-17(9-23-15)26(2)19(27)24-18;1-2-4-6-5-3-1/h3-10H,20-21H2,1-2H3,(H,24,27);6H,1-5H2/b14-10-;. The highest BCUT2D eigenvalue weighted by molar-refractivity contribution is 6.03. The van der Waals surface area contributed by atoms with Gasteiger partial charge in [0, 0.05) is 37.4 Å². The van der Waals surface area contributed by atoms with Gasteiger partial charge in [-0.25, -0.2) is 10.6 Å². The van der Waals surface area contributed by atoms with E-state index >= 15 is 0 Å². The molecule has 1 aromatic carbocycles. The number of nitrogens with zero attached hydrogens (tertiary/aromatic N) is 4. The number of benzene rings is 1. The Bertz CT molecular complexity index is 1320. The first kappa shape index (κ1) is 22.5. The van der Waals surface area contributed by atoms with E-state index in [1.165, 1.54) is 37.4 Å². The van der Waals surface area contributed by atoms with Gasteiger partial charge >= 0.3 is 5.69 Å². The number of hydrogen-bond acceptors (Lipinski definition) is 7. The molecule has 1 aliphatic heterocycles. The van der Waals surface area contributed by atoms with E-state index in [0.29, 0.717) is 11.4 Å². The minimum Gasteiger partial charge on any atom is -0.396 e. The summed E-state index contributed by atoms with van der Waals surface area (Å²) < 4.78 is 1.55. The van der Waals surface area contributed by atoms with Gasteiger partial charge in [-0.15, -0.1) is 0 Å². The number of aromatic amines is 1. The lowest BCUT2D eigenvalue weighted by atomic mass is 10.0. The second-order valence-electron chi connectivity index (χ2n) is 8.23. The van der Waals surface area contributed by atoms with E-state index in [0.717, 1.165) is 33.1 Å². The van der Waals surface area contributed by atoms with Crippen LogP contribution >= 0.6 is 0 Å². The first-order chi connectivity index (χ1) is 15.9. The van der Waals surface area contributed by atoms with Crippen molar-refractivity contribution in [3.05, 3.63) is 65.1 Å². The van der Waals surface area contributed by atoms with Crippen LogP contribution in [-0.2, 0) is 7.05 Å². The average molecular weight is 447 g/mol. The van der Waals surface area contributed by atoms with Crippen LogP contribution in [0.1, 0.15) is 25.0 Å². The van der Waals surface area contributed by atoms with Crippen LogP contribution in [0, 0.1) is 0 Å². The van der Waals surface area contributed by atoms with Crippen LogP contribution in [0.2, 0.25) is 0 Å². The Labute approximate surface area is 192 Å². The van der Waals surface area contributed by atoms with Crippen LogP contribution < -0.4 is 22.6 Å². The molecule has 1 aliphatic rings. The second kappa shape index (κ2) is 9.85. The van der Waals surface area contributed by atoms with Gasteiger partial charge in [-0.3, -0.25) is 14.5 Å². The van der Waals surface area contributed by atoms with Crippen LogP contribution in [0.3, 0.4) is 0 Å². The number of nitrogens with one attached hydrogen (secondary N) is 2. The molecular weight excluding hydrogens is 416 g/mol. The molecule has 1 fully saturated rings. The van der Waals surface area contributed by atoms with Crippen molar-refractivity contribution < 1.29 is 0 Å². The molecule has 9 heteroatoms. The zero-order valence-corrected chi connectivity index (χ0v) is 19.0. The number of aromatic nitrogens is 4. The molecule has 4 aromatic rings. The van der Waals surface area contributed by atoms with E-state index in [-0.39, 0.29) is 5.69 Å². The summed E-state index contributed by atoms with van der Waals surface area (Å²) in [4.78, 5) is 23.7. The SMILES string of the molecule is C1CCNCC1.CN(N)/C=C(\N)c1ccc(-c2ccc3ncc4c([nH]c(=O)n4C)c3c2)cn1. The highest BCUT2D eigenvalue weighted by Crippen LogP contribution is 2.27. The van der Waals surface area contributed by atoms with Crippen molar-refractivity contribution in [1.82, 2.24) is 29.8 Å². The molecule has 0 unspecified atom stereocenters. The van der Waals surface area contributed by atoms with Crippen molar-refractivity contribution >= 4 is 27.6 Å². The van der Waals surface area contributed by atoms with Crippen LogP contribution in [0.15, 0.2) is 53.7 Å². The Kier molecular flexibility index (Phi) is 6.71. The Morgan fingerprint density at radius 3 is 2.45 bits per heavy atom. The van der Waals surface area contributed by atoms with Gasteiger partial charge in [0.2, 0.25) is 0 Å². The van der Waals surface area contributed by atoms with Crippen LogP contribution in [0.25, 0.3) is 38.8 Å². The molecule has 0 amide bonds. The number of rotatable bonds is 3. The third kappa shape index (κ3) is 5.05. The molecule has 0 atom stereocenters. The summed E-state index contributed by atoms with van der Waals surface area (Å²) in [7, 11) is 3.41. The van der Waals surface area contributed by atoms with E-state index in [2.05, 4.69) is 20.3 Å². The normalized spacial score (nSPS) is 14.2. The molecule has 9 nitrogen and oxygen atoms in total. The fourth-order valence-corrected chi connectivity index (χ4v) is 3.87. The quantitative estimate of drug-likeness (QED) is 0.280. The summed E-state index contributed by atoms with van der Waals surface area (Å²) in [5.74, 6) is 5.58. The Hall–Kier alpha value is -3.69. The minimum atomic E-state index is -0.164. The minimum absolute atomic E-state index is 0.164. The topological polar surface area (TPSA) is 131 Å². The van der Waals surface area contributed by atoms with Gasteiger partial charge in [-0.2, -0.15) is 0 Å². The number of piperidine rings is 1. The third-order valence-electron chi connectivity index (χ3n) is 5.69. The van der Waals surface area contributed by atoms with Gasteiger partial charge in [0.25, 0.3) is 0 Å². The lowest BCUT2D eigenvalue weighted by Gasteiger charge is -2.09. The van der Waals surface area contributed by atoms with Gasteiger partial charge < -0.3 is 21.0 Å². The number of nitrogens with two attached hydrogens (primary N) is 2. The fourth-order valence-electron chi connectivity index (χ4n) is 3.87. The van der Waals surface area contributed by atoms with E-state index < -0.39 is 0 Å². The monoisotopic (exact) mass is 446 g/mol. The summed E-state index contributed by atoms with van der Waals surface area (Å²) in [6.07, 6.45) is 9.28. The van der Waals surface area contributed by atoms with Crippen molar-refractivity contribution in [1.29, 1.82) is 0 Å². The first-order valence-corrected chi connectivity index (χ1v) is 11.0. The number of fused-ring (bicyclic) bond motifs is 3. The molecule has 172 valence electrons. The van der Waals surface area contributed by atoms with Gasteiger partial charge in [0.15, 0.2) is 0 Å². The van der Waals surface area contributed by atoms with Crippen molar-refractivity contribution in [3.8, 4) is 11.1 Å². The third-order valence-corrected chi connectivity index (χ3v) is 5.69. The predicted molar refractivity (Wildman–Crippen MR) is 133 cm³/mol. The maximum Gasteiger partial charge on any atom is 0.326 e. The lowest BCUT2D eigenvalue weighted by Crippen LogP contribution is -2.21. The van der Waals surface area contributed by atoms with E-state index in [1.807, 2.05) is 30.3 Å². The van der Waals surface area contributed by atoms with Gasteiger partial charge in [-0.1, -0.05) is 18.6 Å². The van der Waals surface area contributed by atoms with Crippen LogP contribution in [0.4, 0.5) is 0 Å². The molecule has 0 radical (unpaired) electrons. The van der Waals surface area contributed by atoms with Crippen molar-refractivity contribution in [2.75, 3.05) is 20.1 Å². The first-order valence-electron chi connectivity index (χ1n) is 11.0. The fraction of sp³-hybridized carbons (Fsp3) is 0.292. The number of pyridine rings is 2. The molecule has 1 saturated heterocycles. The van der Waals surface area contributed by atoms with E-state index in [1.54, 1.807) is 37.3 Å². The average Bonchev–Trinajstić information content (AvgIpc) is 3.14. The van der Waals surface area contributed by atoms with E-state index in [9.17, 15) is 4.79 Å². The molecule has 33 heavy (non-hydrogen) atoms. The largest absolute Gasteiger partial charge is 0.396 e. The summed E-state index contributed by atoms with van der Waals surface area (Å²) in [6, 6.07) is 9.71. The van der Waals surface area contributed by atoms with Crippen molar-refractivity contribution in [2.24, 2.45) is 18.6 Å². The number of H-pyrrole nitrogens is 1. The molecule has 4 heterocycles.